The number of carboxylic acid groups (broad SMARTS) is 1. The second-order valence-electron chi connectivity index (χ2n) is 2.65. The fourth-order valence-corrected chi connectivity index (χ4v) is 1.01. The Labute approximate surface area is 120 Å². The number of benzene rings is 1. The average molecular weight is 239 g/mol. The molecule has 1 atom stereocenters. The van der Waals surface area contributed by atoms with E-state index in [0.29, 0.717) is 0 Å². The van der Waals surface area contributed by atoms with Gasteiger partial charge in [-0.2, -0.15) is 0 Å². The van der Waals surface area contributed by atoms with Crippen molar-refractivity contribution in [2.24, 2.45) is 5.18 Å². The molecule has 0 aromatic heterocycles. The van der Waals surface area contributed by atoms with Crippen molar-refractivity contribution in [1.82, 2.24) is 0 Å². The Kier molecular flexibility index (Phi) is 9.92. The molecule has 1 aromatic carbocycles. The van der Waals surface area contributed by atoms with E-state index in [0.717, 1.165) is 5.56 Å². The Bertz CT molecular complexity index is 313. The Morgan fingerprint density at radius 3 is 2.33 bits per heavy atom. The first-order valence-electron chi connectivity index (χ1n) is 3.83. The third-order valence-corrected chi connectivity index (χ3v) is 1.68. The Balaban J connectivity index is -0.000000211. The second kappa shape index (κ2) is 8.79. The van der Waals surface area contributed by atoms with Gasteiger partial charge in [-0.15, -0.1) is 4.91 Å². The topological polar surface area (TPSA) is 98.2 Å². The minimum absolute atomic E-state index is 0. The van der Waals surface area contributed by atoms with Crippen LogP contribution < -0.4 is 0 Å². The van der Waals surface area contributed by atoms with Crippen molar-refractivity contribution < 1.29 is 18.2 Å². The normalized spacial score (nSPS) is 10.4. The van der Waals surface area contributed by atoms with Crippen LogP contribution in [0.25, 0.3) is 0 Å². The van der Waals surface area contributed by atoms with Gasteiger partial charge < -0.3 is 13.4 Å². The van der Waals surface area contributed by atoms with Gasteiger partial charge in [0.2, 0.25) is 0 Å². The van der Waals surface area contributed by atoms with Gasteiger partial charge >= 0.3 is 43.7 Å². The number of hydrogen-bond donors (Lipinski definition) is 1. The Morgan fingerprint density at radius 1 is 1.40 bits per heavy atom. The van der Waals surface area contributed by atoms with Crippen LogP contribution >= 0.6 is 0 Å². The van der Waals surface area contributed by atoms with Crippen LogP contribution in [-0.4, -0.2) is 60.3 Å². The number of aliphatic carboxylic acids is 1. The van der Waals surface area contributed by atoms with Gasteiger partial charge in [-0.25, -0.2) is 4.79 Å². The molecule has 0 amide bonds. The fourth-order valence-electron chi connectivity index (χ4n) is 1.01. The van der Waals surface area contributed by atoms with Crippen LogP contribution in [0.1, 0.15) is 8.42 Å². The maximum absolute atomic E-state index is 10.4. The predicted octanol–water partition coefficient (Wildman–Crippen LogP) is 0.468. The largest absolute Gasteiger partial charge is 2.00 e. The molecule has 0 spiro atoms. The van der Waals surface area contributed by atoms with Crippen LogP contribution in [0.2, 0.25) is 0 Å². The summed E-state index contributed by atoms with van der Waals surface area (Å²) in [5, 5.41) is 11.1. The molecule has 0 saturated carbocycles. The molecule has 1 aromatic rings. The number of rotatable bonds is 4. The number of nitroso groups, excluding NO2 is 1. The van der Waals surface area contributed by atoms with Crippen LogP contribution in [-0.2, 0) is 11.2 Å². The molecule has 0 aliphatic heterocycles. The number of carbonyl (C=O) groups is 1. The number of nitrogens with zero attached hydrogens (tertiary/aromatic N) is 1. The van der Waals surface area contributed by atoms with Gasteiger partial charge in [-0.3, -0.25) is 0 Å². The van der Waals surface area contributed by atoms with E-state index in [4.69, 9.17) is 5.11 Å². The van der Waals surface area contributed by atoms with Gasteiger partial charge in [-0.1, -0.05) is 35.5 Å². The first kappa shape index (κ1) is 16.9. The molecule has 0 aliphatic carbocycles. The summed E-state index contributed by atoms with van der Waals surface area (Å²) in [5.74, 6) is -1.18. The summed E-state index contributed by atoms with van der Waals surface area (Å²) in [6.07, 6.45) is 0.152. The minimum Gasteiger partial charge on any atom is -1.00 e. The molecule has 0 heterocycles. The first-order chi connectivity index (χ1) is 6.24. The van der Waals surface area contributed by atoms with Crippen molar-refractivity contribution in [3.8, 4) is 0 Å². The zero-order chi connectivity index (χ0) is 9.68. The van der Waals surface area contributed by atoms with E-state index in [1.54, 1.807) is 24.3 Å². The summed E-state index contributed by atoms with van der Waals surface area (Å²) in [7, 11) is 0. The Hall–Kier alpha value is -0.490. The summed E-state index contributed by atoms with van der Waals surface area (Å²) >= 11 is 0. The van der Waals surface area contributed by atoms with Gasteiger partial charge in [0.25, 0.3) is 0 Å². The quantitative estimate of drug-likeness (QED) is 0.610. The van der Waals surface area contributed by atoms with E-state index in [9.17, 15) is 9.70 Å². The maximum Gasteiger partial charge on any atom is 2.00 e. The number of hydrogen-bond acceptors (Lipinski definition) is 3. The molecule has 15 heavy (non-hydrogen) atoms. The van der Waals surface area contributed by atoms with Crippen molar-refractivity contribution in [2.75, 3.05) is 0 Å². The maximum atomic E-state index is 10.4. The number of carboxylic acids is 1. The van der Waals surface area contributed by atoms with Crippen LogP contribution in [0.5, 0.6) is 0 Å². The van der Waals surface area contributed by atoms with E-state index < -0.39 is 12.0 Å². The molecule has 0 fully saturated rings. The molecule has 80 valence electrons. The summed E-state index contributed by atoms with van der Waals surface area (Å²) in [4.78, 5) is 20.6. The molecule has 0 saturated heterocycles. The third kappa shape index (κ3) is 5.84. The van der Waals surface area contributed by atoms with E-state index in [1.165, 1.54) is 0 Å². The SMILES string of the molecule is O.O=NC(Cc1ccccc1)C(=O)O.[Ca+2].[H-].[H-]. The van der Waals surface area contributed by atoms with Gasteiger partial charge in [0.1, 0.15) is 0 Å². The summed E-state index contributed by atoms with van der Waals surface area (Å²) < 4.78 is 0. The van der Waals surface area contributed by atoms with Gasteiger partial charge in [0.05, 0.1) is 0 Å². The predicted molar refractivity (Wildman–Crippen MR) is 59.0 cm³/mol. The molecule has 6 heteroatoms. The summed E-state index contributed by atoms with van der Waals surface area (Å²) in [6, 6.07) is 7.76. The average Bonchev–Trinajstić information content (AvgIpc) is 2.15. The fraction of sp³-hybridized carbons (Fsp3) is 0.222. The molecule has 1 unspecified atom stereocenters. The molecule has 0 radical (unpaired) electrons. The second-order valence-corrected chi connectivity index (χ2v) is 2.65. The van der Waals surface area contributed by atoms with Crippen molar-refractivity contribution in [1.29, 1.82) is 0 Å². The molecular weight excluding hydrogens is 226 g/mol. The van der Waals surface area contributed by atoms with Crippen molar-refractivity contribution >= 4 is 43.7 Å². The van der Waals surface area contributed by atoms with Gasteiger partial charge in [-0.05, 0) is 5.56 Å². The van der Waals surface area contributed by atoms with Crippen molar-refractivity contribution in [3.63, 3.8) is 0 Å². The zero-order valence-corrected chi connectivity index (χ0v) is 10.3. The Morgan fingerprint density at radius 2 is 1.93 bits per heavy atom. The molecule has 0 aliphatic rings. The molecule has 1 rings (SSSR count). The summed E-state index contributed by atoms with van der Waals surface area (Å²) in [6.45, 7) is 0. The van der Waals surface area contributed by atoms with E-state index >= 15 is 0 Å². The van der Waals surface area contributed by atoms with Crippen LogP contribution in [0.3, 0.4) is 0 Å². The van der Waals surface area contributed by atoms with E-state index in [2.05, 4.69) is 5.18 Å². The van der Waals surface area contributed by atoms with Gasteiger partial charge in [0, 0.05) is 6.42 Å². The van der Waals surface area contributed by atoms with E-state index in [1.807, 2.05) is 6.07 Å². The molecule has 3 N–H and O–H groups in total. The van der Waals surface area contributed by atoms with Crippen LogP contribution in [0.15, 0.2) is 35.5 Å². The zero-order valence-electron chi connectivity index (χ0n) is 10.1. The molecule has 5 nitrogen and oxygen atoms in total. The van der Waals surface area contributed by atoms with Crippen LogP contribution in [0.4, 0.5) is 0 Å². The standard InChI is InChI=1S/C9H9NO3.Ca.H2O.2H/c11-9(12)8(10-13)6-7-4-2-1-3-5-7;;;;/h1-5,8H,6H2,(H,11,12);;1H2;;/q;+2;;2*-1. The van der Waals surface area contributed by atoms with Crippen LogP contribution in [0, 0.1) is 4.91 Å². The smallest absolute Gasteiger partial charge is 1.00 e. The first-order valence-corrected chi connectivity index (χ1v) is 3.83. The molecule has 0 bridgehead atoms. The molecular formula is C9H13CaNO4. The van der Waals surface area contributed by atoms with Crippen molar-refractivity contribution in [3.05, 3.63) is 40.8 Å². The van der Waals surface area contributed by atoms with E-state index in [-0.39, 0.29) is 52.5 Å². The monoisotopic (exact) mass is 239 g/mol. The van der Waals surface area contributed by atoms with Gasteiger partial charge in [0.15, 0.2) is 6.04 Å². The van der Waals surface area contributed by atoms with Crippen molar-refractivity contribution in [2.45, 2.75) is 12.5 Å². The minimum atomic E-state index is -1.18. The summed E-state index contributed by atoms with van der Waals surface area (Å²) in [5.41, 5.74) is 0.800. The third-order valence-electron chi connectivity index (χ3n) is 1.68.